The topological polar surface area (TPSA) is 61.9 Å². The standard InChI is InChI=1S/C19H19ClN4O/c1-11(19-22-15-6-5-13(20)10-17(15)23-19)14-7-8-18-16(21-14)4-3-9-24(18)12(2)25/h5-8,10-11H,3-4,9H2,1-2H3,(H,22,23). The van der Waals surface area contributed by atoms with Crippen LogP contribution in [0.5, 0.6) is 0 Å². The maximum Gasteiger partial charge on any atom is 0.223 e. The van der Waals surface area contributed by atoms with Gasteiger partial charge in [0.1, 0.15) is 5.82 Å². The summed E-state index contributed by atoms with van der Waals surface area (Å²) in [7, 11) is 0. The summed E-state index contributed by atoms with van der Waals surface area (Å²) in [4.78, 5) is 26.4. The van der Waals surface area contributed by atoms with Gasteiger partial charge in [-0.25, -0.2) is 4.98 Å². The molecule has 0 bridgehead atoms. The van der Waals surface area contributed by atoms with Gasteiger partial charge >= 0.3 is 0 Å². The Labute approximate surface area is 151 Å². The summed E-state index contributed by atoms with van der Waals surface area (Å²) < 4.78 is 0. The van der Waals surface area contributed by atoms with Crippen LogP contribution in [0.3, 0.4) is 0 Å². The van der Waals surface area contributed by atoms with E-state index in [1.807, 2.05) is 35.2 Å². The first-order valence-corrected chi connectivity index (χ1v) is 8.84. The van der Waals surface area contributed by atoms with Gasteiger partial charge in [-0.05, 0) is 50.1 Å². The molecule has 6 heteroatoms. The number of hydrogen-bond donors (Lipinski definition) is 1. The molecule has 4 rings (SSSR count). The third kappa shape index (κ3) is 2.89. The molecule has 25 heavy (non-hydrogen) atoms. The molecule has 1 aliphatic heterocycles. The number of aromatic nitrogens is 3. The maximum atomic E-state index is 11.8. The zero-order chi connectivity index (χ0) is 17.6. The summed E-state index contributed by atoms with van der Waals surface area (Å²) >= 11 is 6.05. The molecule has 1 N–H and O–H groups in total. The molecule has 128 valence electrons. The van der Waals surface area contributed by atoms with Crippen molar-refractivity contribution >= 4 is 34.2 Å². The van der Waals surface area contributed by atoms with Gasteiger partial charge in [-0.1, -0.05) is 11.6 Å². The Hall–Kier alpha value is -2.40. The maximum absolute atomic E-state index is 11.8. The van der Waals surface area contributed by atoms with Gasteiger partial charge < -0.3 is 9.88 Å². The number of pyridine rings is 1. The number of nitrogens with one attached hydrogen (secondary N) is 1. The highest BCUT2D eigenvalue weighted by Gasteiger charge is 2.23. The van der Waals surface area contributed by atoms with Crippen LogP contribution in [0.2, 0.25) is 5.02 Å². The molecule has 5 nitrogen and oxygen atoms in total. The van der Waals surface area contributed by atoms with Crippen molar-refractivity contribution in [3.8, 4) is 0 Å². The van der Waals surface area contributed by atoms with Gasteiger partial charge in [0.25, 0.3) is 0 Å². The van der Waals surface area contributed by atoms with Gasteiger partial charge in [-0.15, -0.1) is 0 Å². The van der Waals surface area contributed by atoms with E-state index in [4.69, 9.17) is 16.6 Å². The first kappa shape index (κ1) is 16.1. The predicted octanol–water partition coefficient (Wildman–Crippen LogP) is 4.06. The lowest BCUT2D eigenvalue weighted by atomic mass is 10.0. The van der Waals surface area contributed by atoms with E-state index in [0.29, 0.717) is 5.02 Å². The lowest BCUT2D eigenvalue weighted by Crippen LogP contribution is -2.34. The summed E-state index contributed by atoms with van der Waals surface area (Å²) in [5.74, 6) is 0.964. The van der Waals surface area contributed by atoms with Crippen LogP contribution in [0.25, 0.3) is 11.0 Å². The second kappa shape index (κ2) is 6.15. The van der Waals surface area contributed by atoms with Gasteiger partial charge in [-0.2, -0.15) is 0 Å². The highest BCUT2D eigenvalue weighted by molar-refractivity contribution is 6.31. The van der Waals surface area contributed by atoms with Crippen LogP contribution in [0, 0.1) is 0 Å². The minimum absolute atomic E-state index is 0.0316. The molecular formula is C19H19ClN4O. The molecule has 3 aromatic rings. The zero-order valence-corrected chi connectivity index (χ0v) is 15.0. The summed E-state index contributed by atoms with van der Waals surface area (Å²) in [5, 5.41) is 0.687. The van der Waals surface area contributed by atoms with E-state index in [0.717, 1.165) is 53.3 Å². The number of carbonyl (C=O) groups excluding carboxylic acids is 1. The minimum Gasteiger partial charge on any atom is -0.341 e. The van der Waals surface area contributed by atoms with Crippen molar-refractivity contribution in [3.63, 3.8) is 0 Å². The first-order valence-electron chi connectivity index (χ1n) is 8.46. The average molecular weight is 355 g/mol. The third-order valence-corrected chi connectivity index (χ3v) is 4.99. The molecule has 0 fully saturated rings. The van der Waals surface area contributed by atoms with Crippen molar-refractivity contribution in [3.05, 3.63) is 52.6 Å². The predicted molar refractivity (Wildman–Crippen MR) is 99.2 cm³/mol. The highest BCUT2D eigenvalue weighted by atomic mass is 35.5. The van der Waals surface area contributed by atoms with Crippen LogP contribution < -0.4 is 4.90 Å². The Morgan fingerprint density at radius 1 is 1.28 bits per heavy atom. The largest absolute Gasteiger partial charge is 0.341 e. The first-order chi connectivity index (χ1) is 12.0. The average Bonchev–Trinajstić information content (AvgIpc) is 3.03. The molecule has 0 spiro atoms. The quantitative estimate of drug-likeness (QED) is 0.754. The van der Waals surface area contributed by atoms with Crippen molar-refractivity contribution in [1.29, 1.82) is 0 Å². The number of H-pyrrole nitrogens is 1. The number of aryl methyl sites for hydroxylation is 1. The molecule has 0 saturated carbocycles. The monoisotopic (exact) mass is 354 g/mol. The Morgan fingerprint density at radius 2 is 2.12 bits per heavy atom. The zero-order valence-electron chi connectivity index (χ0n) is 14.2. The second-order valence-electron chi connectivity index (χ2n) is 6.48. The van der Waals surface area contributed by atoms with Crippen molar-refractivity contribution in [2.24, 2.45) is 0 Å². The number of hydrogen-bond acceptors (Lipinski definition) is 3. The van der Waals surface area contributed by atoms with E-state index in [1.165, 1.54) is 0 Å². The highest BCUT2D eigenvalue weighted by Crippen LogP contribution is 2.30. The van der Waals surface area contributed by atoms with Crippen molar-refractivity contribution < 1.29 is 4.79 Å². The lowest BCUT2D eigenvalue weighted by molar-refractivity contribution is -0.116. The number of fused-ring (bicyclic) bond motifs is 2. The Bertz CT molecular complexity index is 965. The minimum atomic E-state index is 0.0316. The Balaban J connectivity index is 1.70. The van der Waals surface area contributed by atoms with Crippen molar-refractivity contribution in [2.75, 3.05) is 11.4 Å². The molecule has 1 atom stereocenters. The molecule has 1 unspecified atom stereocenters. The number of nitrogens with zero attached hydrogens (tertiary/aromatic N) is 3. The smallest absolute Gasteiger partial charge is 0.223 e. The Morgan fingerprint density at radius 3 is 2.92 bits per heavy atom. The Kier molecular flexibility index (Phi) is 3.96. The molecule has 0 saturated heterocycles. The molecular weight excluding hydrogens is 336 g/mol. The molecule has 3 heterocycles. The van der Waals surface area contributed by atoms with Crippen LogP contribution in [0.1, 0.15) is 43.4 Å². The molecule has 1 aliphatic rings. The number of aromatic amines is 1. The summed E-state index contributed by atoms with van der Waals surface area (Å²) in [6.45, 7) is 4.45. The van der Waals surface area contributed by atoms with Crippen LogP contribution in [-0.2, 0) is 11.2 Å². The fraction of sp³-hybridized carbons (Fsp3) is 0.316. The van der Waals surface area contributed by atoms with E-state index >= 15 is 0 Å². The molecule has 1 aromatic carbocycles. The number of anilines is 1. The van der Waals surface area contributed by atoms with E-state index in [-0.39, 0.29) is 11.8 Å². The molecule has 1 amide bonds. The number of rotatable bonds is 2. The fourth-order valence-electron chi connectivity index (χ4n) is 3.38. The normalized spacial score (nSPS) is 15.2. The van der Waals surface area contributed by atoms with Gasteiger partial charge in [0, 0.05) is 18.5 Å². The van der Waals surface area contributed by atoms with Crippen LogP contribution >= 0.6 is 11.6 Å². The molecule has 0 aliphatic carbocycles. The SMILES string of the molecule is CC(=O)N1CCCc2nc(C(C)c3nc4ccc(Cl)cc4[nH]3)ccc21. The van der Waals surface area contributed by atoms with E-state index in [9.17, 15) is 4.79 Å². The summed E-state index contributed by atoms with van der Waals surface area (Å²) in [5.41, 5.74) is 4.70. The van der Waals surface area contributed by atoms with Gasteiger partial charge in [-0.3, -0.25) is 9.78 Å². The fourth-order valence-corrected chi connectivity index (χ4v) is 3.55. The van der Waals surface area contributed by atoms with Gasteiger partial charge in [0.05, 0.1) is 34.0 Å². The molecule has 0 radical (unpaired) electrons. The molecule has 2 aromatic heterocycles. The summed E-state index contributed by atoms with van der Waals surface area (Å²) in [6, 6.07) is 9.63. The summed E-state index contributed by atoms with van der Waals surface area (Å²) in [6.07, 6.45) is 1.84. The lowest BCUT2D eigenvalue weighted by Gasteiger charge is -2.28. The number of benzene rings is 1. The van der Waals surface area contributed by atoms with Crippen molar-refractivity contribution in [1.82, 2.24) is 15.0 Å². The van der Waals surface area contributed by atoms with E-state index < -0.39 is 0 Å². The van der Waals surface area contributed by atoms with Crippen LogP contribution in [0.15, 0.2) is 30.3 Å². The van der Waals surface area contributed by atoms with Crippen molar-refractivity contribution in [2.45, 2.75) is 32.6 Å². The van der Waals surface area contributed by atoms with Gasteiger partial charge in [0.15, 0.2) is 0 Å². The van der Waals surface area contributed by atoms with E-state index in [2.05, 4.69) is 16.9 Å². The number of amides is 1. The van der Waals surface area contributed by atoms with Gasteiger partial charge in [0.2, 0.25) is 5.91 Å². The number of carbonyl (C=O) groups is 1. The second-order valence-corrected chi connectivity index (χ2v) is 6.92. The van der Waals surface area contributed by atoms with Crippen LogP contribution in [-0.4, -0.2) is 27.4 Å². The number of imidazole rings is 1. The van der Waals surface area contributed by atoms with E-state index in [1.54, 1.807) is 6.92 Å². The number of halogens is 1. The third-order valence-electron chi connectivity index (χ3n) is 4.75. The van der Waals surface area contributed by atoms with Crippen LogP contribution in [0.4, 0.5) is 5.69 Å².